The van der Waals surface area contributed by atoms with E-state index in [1.54, 1.807) is 25.3 Å². The highest BCUT2D eigenvalue weighted by Crippen LogP contribution is 2.79. The fourth-order valence-electron chi connectivity index (χ4n) is 6.65. The molecule has 0 aromatic heterocycles. The van der Waals surface area contributed by atoms with E-state index < -0.39 is 5.97 Å². The van der Waals surface area contributed by atoms with Gasteiger partial charge in [-0.3, -0.25) is 4.79 Å². The number of fused-ring (bicyclic) bond motifs is 1. The molecule has 1 N–H and O–H groups in total. The van der Waals surface area contributed by atoms with Crippen LogP contribution in [0.25, 0.3) is 11.1 Å². The van der Waals surface area contributed by atoms with E-state index in [2.05, 4.69) is 29.2 Å². The third-order valence-electron chi connectivity index (χ3n) is 8.26. The normalized spacial score (nSPS) is 32.1. The molecule has 2 saturated heterocycles. The zero-order valence-corrected chi connectivity index (χ0v) is 18.1. The molecule has 6 rings (SSSR count). The maximum absolute atomic E-state index is 12.9. The van der Waals surface area contributed by atoms with E-state index in [0.717, 1.165) is 43.4 Å². The summed E-state index contributed by atoms with van der Waals surface area (Å²) < 4.78 is 11.1. The number of piperidine rings is 1. The van der Waals surface area contributed by atoms with Gasteiger partial charge in [0.25, 0.3) is 5.91 Å². The van der Waals surface area contributed by atoms with Gasteiger partial charge in [-0.2, -0.15) is 0 Å². The molecule has 4 fully saturated rings. The summed E-state index contributed by atoms with van der Waals surface area (Å²) >= 11 is 0. The lowest BCUT2D eigenvalue weighted by Gasteiger charge is -2.34. The molecule has 2 aliphatic carbocycles. The van der Waals surface area contributed by atoms with Gasteiger partial charge in [0, 0.05) is 24.8 Å². The monoisotopic (exact) mass is 433 g/mol. The van der Waals surface area contributed by atoms with Crippen molar-refractivity contribution in [1.29, 1.82) is 0 Å². The average molecular weight is 434 g/mol. The van der Waals surface area contributed by atoms with Crippen LogP contribution in [0.3, 0.4) is 0 Å². The SMILES string of the molecule is COc1ccc(C(=O)O)cc1-c1ccc([C@H]2C[C@]34CCN(C(=O)[C@H]5CCCO5)C3C24)cc1. The molecular weight excluding hydrogens is 406 g/mol. The number of carbonyl (C=O) groups excluding carboxylic acids is 1. The van der Waals surface area contributed by atoms with E-state index in [0.29, 0.717) is 35.6 Å². The number of aromatic carboxylic acids is 1. The van der Waals surface area contributed by atoms with Gasteiger partial charge in [-0.05, 0) is 72.3 Å². The Kier molecular flexibility index (Phi) is 4.37. The fraction of sp³-hybridized carbons (Fsp3) is 0.462. The number of hydrogen-bond acceptors (Lipinski definition) is 4. The van der Waals surface area contributed by atoms with Gasteiger partial charge < -0.3 is 19.5 Å². The van der Waals surface area contributed by atoms with Crippen LogP contribution in [0.5, 0.6) is 5.75 Å². The third-order valence-corrected chi connectivity index (χ3v) is 8.26. The van der Waals surface area contributed by atoms with E-state index in [-0.39, 0.29) is 17.6 Å². The Hall–Kier alpha value is -2.86. The zero-order valence-electron chi connectivity index (χ0n) is 18.1. The van der Waals surface area contributed by atoms with Crippen molar-refractivity contribution in [3.8, 4) is 16.9 Å². The molecule has 6 nitrogen and oxygen atoms in total. The van der Waals surface area contributed by atoms with Gasteiger partial charge in [-0.1, -0.05) is 24.3 Å². The number of ether oxygens (including phenoxy) is 2. The van der Waals surface area contributed by atoms with Crippen LogP contribution in [0.15, 0.2) is 42.5 Å². The first kappa shape index (κ1) is 19.8. The molecule has 0 radical (unpaired) electrons. The van der Waals surface area contributed by atoms with Gasteiger partial charge >= 0.3 is 5.97 Å². The molecule has 2 heterocycles. The Balaban J connectivity index is 1.20. The quantitative estimate of drug-likeness (QED) is 0.773. The molecule has 32 heavy (non-hydrogen) atoms. The largest absolute Gasteiger partial charge is 0.496 e. The van der Waals surface area contributed by atoms with Crippen LogP contribution in [-0.4, -0.2) is 54.3 Å². The number of methoxy groups -OCH3 is 1. The van der Waals surface area contributed by atoms with Crippen molar-refractivity contribution in [3.05, 3.63) is 53.6 Å². The summed E-state index contributed by atoms with van der Waals surface area (Å²) in [7, 11) is 1.59. The highest BCUT2D eigenvalue weighted by Gasteiger charge is 2.79. The first-order valence-electron chi connectivity index (χ1n) is 11.5. The Bertz CT molecular complexity index is 1090. The topological polar surface area (TPSA) is 76.1 Å². The van der Waals surface area contributed by atoms with Crippen molar-refractivity contribution in [2.24, 2.45) is 11.3 Å². The number of nitrogens with zero attached hydrogens (tertiary/aromatic N) is 1. The molecule has 1 spiro atoms. The molecule has 2 aliphatic heterocycles. The summed E-state index contributed by atoms with van der Waals surface area (Å²) in [5.41, 5.74) is 3.61. The number of carboxylic acid groups (broad SMARTS) is 1. The van der Waals surface area contributed by atoms with Gasteiger partial charge in [-0.25, -0.2) is 4.79 Å². The van der Waals surface area contributed by atoms with Crippen molar-refractivity contribution >= 4 is 11.9 Å². The molecule has 2 unspecified atom stereocenters. The molecule has 1 amide bonds. The van der Waals surface area contributed by atoms with Gasteiger partial charge in [-0.15, -0.1) is 0 Å². The van der Waals surface area contributed by atoms with Gasteiger partial charge in [0.1, 0.15) is 11.9 Å². The van der Waals surface area contributed by atoms with Crippen molar-refractivity contribution in [2.45, 2.75) is 43.7 Å². The van der Waals surface area contributed by atoms with E-state index >= 15 is 0 Å². The van der Waals surface area contributed by atoms with E-state index in [9.17, 15) is 14.7 Å². The molecule has 2 saturated carbocycles. The van der Waals surface area contributed by atoms with Crippen molar-refractivity contribution in [1.82, 2.24) is 4.90 Å². The highest BCUT2D eigenvalue weighted by molar-refractivity contribution is 5.90. The predicted octanol–water partition coefficient (Wildman–Crippen LogP) is 3.94. The average Bonchev–Trinajstić information content (AvgIpc) is 3.25. The van der Waals surface area contributed by atoms with Gasteiger partial charge in [0.15, 0.2) is 0 Å². The van der Waals surface area contributed by atoms with Crippen LogP contribution < -0.4 is 4.74 Å². The molecule has 5 atom stereocenters. The maximum atomic E-state index is 12.9. The second-order valence-electron chi connectivity index (χ2n) is 9.64. The summed E-state index contributed by atoms with van der Waals surface area (Å²) in [4.78, 5) is 26.4. The van der Waals surface area contributed by atoms with Crippen LogP contribution in [-0.2, 0) is 9.53 Å². The van der Waals surface area contributed by atoms with E-state index in [4.69, 9.17) is 9.47 Å². The number of likely N-dealkylation sites (tertiary alicyclic amines) is 1. The molecule has 6 heteroatoms. The van der Waals surface area contributed by atoms with Crippen LogP contribution in [0, 0.1) is 11.3 Å². The zero-order chi connectivity index (χ0) is 22.0. The van der Waals surface area contributed by atoms with Crippen molar-refractivity contribution < 1.29 is 24.2 Å². The highest BCUT2D eigenvalue weighted by atomic mass is 16.5. The van der Waals surface area contributed by atoms with Crippen LogP contribution in [0.4, 0.5) is 0 Å². The summed E-state index contributed by atoms with van der Waals surface area (Å²) in [5.74, 6) is 0.968. The number of carbonyl (C=O) groups is 2. The lowest BCUT2D eigenvalue weighted by Crippen LogP contribution is -2.40. The summed E-state index contributed by atoms with van der Waals surface area (Å²) in [6.45, 7) is 1.59. The van der Waals surface area contributed by atoms with E-state index in [1.807, 2.05) is 0 Å². The van der Waals surface area contributed by atoms with Crippen LogP contribution in [0.2, 0.25) is 0 Å². The Labute approximate surface area is 187 Å². The van der Waals surface area contributed by atoms with Gasteiger partial charge in [0.2, 0.25) is 0 Å². The molecule has 4 aliphatic rings. The summed E-state index contributed by atoms with van der Waals surface area (Å²) in [6.07, 6.45) is 3.89. The Morgan fingerprint density at radius 3 is 2.69 bits per heavy atom. The minimum atomic E-state index is -0.951. The standard InChI is InChI=1S/C26H27NO5/c1-31-20-9-8-17(25(29)30)13-18(20)15-4-6-16(7-5-15)19-14-26-10-11-27(23(26)22(19)26)24(28)21-3-2-12-32-21/h4-9,13,19,21-23H,2-3,10-12,14H2,1H3,(H,29,30)/t19-,21-,22?,23?,26+/m1/s1. The molecule has 0 bridgehead atoms. The maximum Gasteiger partial charge on any atom is 0.335 e. The number of hydrogen-bond donors (Lipinski definition) is 1. The van der Waals surface area contributed by atoms with Crippen molar-refractivity contribution in [2.75, 3.05) is 20.3 Å². The first-order chi connectivity index (χ1) is 15.5. The molecular formula is C26H27NO5. The first-order valence-corrected chi connectivity index (χ1v) is 11.5. The number of carboxylic acids is 1. The Morgan fingerprint density at radius 1 is 1.19 bits per heavy atom. The van der Waals surface area contributed by atoms with Crippen LogP contribution >= 0.6 is 0 Å². The number of rotatable bonds is 5. The number of benzene rings is 2. The summed E-state index contributed by atoms with van der Waals surface area (Å²) in [5, 5.41) is 9.34. The fourth-order valence-corrected chi connectivity index (χ4v) is 6.65. The smallest absolute Gasteiger partial charge is 0.335 e. The minimum Gasteiger partial charge on any atom is -0.496 e. The second-order valence-corrected chi connectivity index (χ2v) is 9.64. The molecule has 2 aromatic carbocycles. The second kappa shape index (κ2) is 7.07. The van der Waals surface area contributed by atoms with Crippen molar-refractivity contribution in [3.63, 3.8) is 0 Å². The van der Waals surface area contributed by atoms with Crippen LogP contribution in [0.1, 0.15) is 47.5 Å². The molecule has 166 valence electrons. The molecule has 2 aromatic rings. The predicted molar refractivity (Wildman–Crippen MR) is 118 cm³/mol. The van der Waals surface area contributed by atoms with E-state index in [1.165, 1.54) is 5.56 Å². The summed E-state index contributed by atoms with van der Waals surface area (Å²) in [6, 6.07) is 13.7. The third kappa shape index (κ3) is 2.75. The lowest BCUT2D eigenvalue weighted by molar-refractivity contribution is -0.141. The number of amides is 1. The Morgan fingerprint density at radius 2 is 2.00 bits per heavy atom. The minimum absolute atomic E-state index is 0.207. The van der Waals surface area contributed by atoms with Gasteiger partial charge in [0.05, 0.1) is 12.7 Å². The lowest BCUT2D eigenvalue weighted by atomic mass is 9.70.